The lowest BCUT2D eigenvalue weighted by Crippen LogP contribution is -1.83. The number of aryl methyl sites for hydroxylation is 1. The third-order valence-corrected chi connectivity index (χ3v) is 6.20. The fourth-order valence-electron chi connectivity index (χ4n) is 2.68. The van der Waals surface area contributed by atoms with E-state index in [0.717, 1.165) is 32.0 Å². The van der Waals surface area contributed by atoms with Gasteiger partial charge in [-0.15, -0.1) is 27.8 Å². The van der Waals surface area contributed by atoms with Crippen molar-refractivity contribution >= 4 is 38.7 Å². The molecule has 3 aromatic heterocycles. The zero-order chi connectivity index (χ0) is 17.9. The van der Waals surface area contributed by atoms with Gasteiger partial charge in [-0.05, 0) is 53.8 Å². The van der Waals surface area contributed by atoms with Crippen LogP contribution in [0.1, 0.15) is 10.4 Å². The van der Waals surface area contributed by atoms with Crippen LogP contribution in [0.4, 0.5) is 5.82 Å². The average Bonchev–Trinajstić information content (AvgIpc) is 3.31. The molecule has 0 aliphatic carbocycles. The summed E-state index contributed by atoms with van der Waals surface area (Å²) in [5.41, 5.74) is 3.20. The van der Waals surface area contributed by atoms with Gasteiger partial charge in [0.05, 0.1) is 19.2 Å². The molecule has 0 unspecified atom stereocenters. The second-order valence-corrected chi connectivity index (χ2v) is 7.69. The summed E-state index contributed by atoms with van der Waals surface area (Å²) in [6.45, 7) is 2.65. The van der Waals surface area contributed by atoms with E-state index in [1.54, 1.807) is 36.1 Å². The molecule has 0 radical (unpaired) electrons. The van der Waals surface area contributed by atoms with E-state index in [1.807, 2.05) is 23.6 Å². The molecule has 3 heterocycles. The maximum absolute atomic E-state index is 5.24. The predicted molar refractivity (Wildman–Crippen MR) is 107 cm³/mol. The highest BCUT2D eigenvalue weighted by Gasteiger charge is 2.15. The molecule has 0 fully saturated rings. The molecule has 26 heavy (non-hydrogen) atoms. The highest BCUT2D eigenvalue weighted by Crippen LogP contribution is 2.40. The zero-order valence-electron chi connectivity index (χ0n) is 14.3. The Morgan fingerprint density at radius 2 is 1.96 bits per heavy atom. The van der Waals surface area contributed by atoms with Gasteiger partial charge in [-0.1, -0.05) is 6.07 Å². The summed E-state index contributed by atoms with van der Waals surface area (Å²) in [4.78, 5) is 11.1. The maximum Gasteiger partial charge on any atom is 0.195 e. The van der Waals surface area contributed by atoms with Gasteiger partial charge < -0.3 is 4.74 Å². The first-order valence-electron chi connectivity index (χ1n) is 8.04. The number of fused-ring (bicyclic) bond motifs is 1. The third kappa shape index (κ3) is 3.23. The van der Waals surface area contributed by atoms with Crippen molar-refractivity contribution < 1.29 is 4.74 Å². The summed E-state index contributed by atoms with van der Waals surface area (Å²) in [6, 6.07) is 12.1. The predicted octanol–water partition coefficient (Wildman–Crippen LogP) is 6.02. The minimum Gasteiger partial charge on any atom is -0.497 e. The van der Waals surface area contributed by atoms with Crippen molar-refractivity contribution in [3.63, 3.8) is 0 Å². The van der Waals surface area contributed by atoms with Crippen molar-refractivity contribution in [2.45, 2.75) is 13.5 Å². The Bertz CT molecular complexity index is 1050. The van der Waals surface area contributed by atoms with Gasteiger partial charge in [-0.2, -0.15) is 5.11 Å². The fraction of sp³-hybridized carbons (Fsp3) is 0.158. The molecule has 1 aromatic carbocycles. The first kappa shape index (κ1) is 16.8. The van der Waals surface area contributed by atoms with Gasteiger partial charge in [0, 0.05) is 9.75 Å². The van der Waals surface area contributed by atoms with Crippen LogP contribution in [-0.4, -0.2) is 17.1 Å². The van der Waals surface area contributed by atoms with E-state index in [0.29, 0.717) is 12.4 Å². The molecule has 0 saturated carbocycles. The van der Waals surface area contributed by atoms with E-state index >= 15 is 0 Å². The van der Waals surface area contributed by atoms with E-state index in [9.17, 15) is 0 Å². The number of aromatic nitrogens is 2. The van der Waals surface area contributed by atoms with Gasteiger partial charge in [-0.3, -0.25) is 0 Å². The van der Waals surface area contributed by atoms with Crippen molar-refractivity contribution in [2.75, 3.05) is 7.11 Å². The van der Waals surface area contributed by atoms with E-state index < -0.39 is 0 Å². The average molecular weight is 380 g/mol. The van der Waals surface area contributed by atoms with Gasteiger partial charge in [-0.25, -0.2) is 9.97 Å². The molecule has 130 valence electrons. The third-order valence-electron chi connectivity index (χ3n) is 4.01. The summed E-state index contributed by atoms with van der Waals surface area (Å²) in [5, 5.41) is 10.7. The van der Waals surface area contributed by atoms with E-state index in [4.69, 9.17) is 4.74 Å². The Morgan fingerprint density at radius 1 is 1.12 bits per heavy atom. The smallest absolute Gasteiger partial charge is 0.195 e. The van der Waals surface area contributed by atoms with Crippen molar-refractivity contribution in [3.8, 4) is 16.2 Å². The molecule has 4 aromatic rings. The van der Waals surface area contributed by atoms with Crippen LogP contribution < -0.4 is 4.74 Å². The van der Waals surface area contributed by atoms with Crippen LogP contribution in [-0.2, 0) is 6.54 Å². The molecule has 7 heteroatoms. The first-order valence-corrected chi connectivity index (χ1v) is 9.74. The monoisotopic (exact) mass is 380 g/mol. The minimum atomic E-state index is 0.568. The quantitative estimate of drug-likeness (QED) is 0.398. The van der Waals surface area contributed by atoms with Crippen molar-refractivity contribution in [3.05, 3.63) is 58.5 Å². The number of ether oxygens (including phenoxy) is 1. The van der Waals surface area contributed by atoms with E-state index in [1.165, 1.54) is 4.88 Å². The van der Waals surface area contributed by atoms with Gasteiger partial charge in [0.1, 0.15) is 16.8 Å². The number of nitrogens with zero attached hydrogens (tertiary/aromatic N) is 4. The molecule has 4 rings (SSSR count). The van der Waals surface area contributed by atoms with Crippen LogP contribution in [0, 0.1) is 6.92 Å². The lowest BCUT2D eigenvalue weighted by molar-refractivity contribution is 0.415. The normalized spacial score (nSPS) is 11.5. The van der Waals surface area contributed by atoms with Crippen molar-refractivity contribution in [2.24, 2.45) is 10.2 Å². The van der Waals surface area contributed by atoms with Crippen LogP contribution in [0.15, 0.2) is 58.3 Å². The number of benzene rings is 1. The summed E-state index contributed by atoms with van der Waals surface area (Å²) in [5.74, 6) is 1.47. The Hall–Kier alpha value is -2.64. The molecule has 0 bridgehead atoms. The van der Waals surface area contributed by atoms with Crippen LogP contribution in [0.5, 0.6) is 5.75 Å². The number of hydrogen-bond acceptors (Lipinski definition) is 7. The van der Waals surface area contributed by atoms with E-state index in [2.05, 4.69) is 45.3 Å². The second kappa shape index (κ2) is 7.31. The molecule has 0 saturated heterocycles. The lowest BCUT2D eigenvalue weighted by atomic mass is 10.1. The molecular formula is C19H16N4OS2. The van der Waals surface area contributed by atoms with Crippen molar-refractivity contribution in [1.29, 1.82) is 0 Å². The molecule has 0 N–H and O–H groups in total. The zero-order valence-corrected chi connectivity index (χ0v) is 16.0. The number of rotatable bonds is 5. The molecular weight excluding hydrogens is 364 g/mol. The number of hydrogen-bond donors (Lipinski definition) is 0. The van der Waals surface area contributed by atoms with Crippen LogP contribution in [0.3, 0.4) is 0 Å². The topological polar surface area (TPSA) is 59.7 Å². The maximum atomic E-state index is 5.24. The summed E-state index contributed by atoms with van der Waals surface area (Å²) >= 11 is 3.32. The standard InChI is InChI=1S/C19H16N4OS2/c1-12-16-18(26-17(12)13-5-7-14(24-2)8-6-13)19(21-11-20-16)23-22-10-15-4-3-9-25-15/h3-9,11H,10H2,1-2H3. The van der Waals surface area contributed by atoms with Gasteiger partial charge in [0.15, 0.2) is 5.82 Å². The number of azo groups is 1. The van der Waals surface area contributed by atoms with Gasteiger partial charge in [0.2, 0.25) is 0 Å². The van der Waals surface area contributed by atoms with E-state index in [-0.39, 0.29) is 0 Å². The van der Waals surface area contributed by atoms with Crippen molar-refractivity contribution in [1.82, 2.24) is 9.97 Å². The Morgan fingerprint density at radius 3 is 2.69 bits per heavy atom. The Labute approximate surface area is 159 Å². The van der Waals surface area contributed by atoms with Gasteiger partial charge >= 0.3 is 0 Å². The first-order chi connectivity index (χ1) is 12.8. The lowest BCUT2D eigenvalue weighted by Gasteiger charge is -2.02. The number of methoxy groups -OCH3 is 1. The molecule has 0 aliphatic heterocycles. The summed E-state index contributed by atoms with van der Waals surface area (Å²) < 4.78 is 6.21. The molecule has 0 amide bonds. The Balaban J connectivity index is 1.70. The number of thiophene rings is 2. The van der Waals surface area contributed by atoms with Crippen LogP contribution >= 0.6 is 22.7 Å². The highest BCUT2D eigenvalue weighted by molar-refractivity contribution is 7.23. The van der Waals surface area contributed by atoms with Crippen LogP contribution in [0.2, 0.25) is 0 Å². The highest BCUT2D eigenvalue weighted by atomic mass is 32.1. The Kier molecular flexibility index (Phi) is 4.73. The summed E-state index contributed by atoms with van der Waals surface area (Å²) in [6.07, 6.45) is 1.55. The summed E-state index contributed by atoms with van der Waals surface area (Å²) in [7, 11) is 1.67. The molecule has 0 spiro atoms. The molecule has 5 nitrogen and oxygen atoms in total. The molecule has 0 atom stereocenters. The largest absolute Gasteiger partial charge is 0.497 e. The SMILES string of the molecule is COc1ccc(-c2sc3c(N=NCc4cccs4)ncnc3c2C)cc1. The minimum absolute atomic E-state index is 0.568. The second-order valence-electron chi connectivity index (χ2n) is 5.64. The van der Waals surface area contributed by atoms with Gasteiger partial charge in [0.25, 0.3) is 0 Å². The fourth-order valence-corrected chi connectivity index (χ4v) is 4.49. The molecule has 0 aliphatic rings. The van der Waals surface area contributed by atoms with Crippen LogP contribution in [0.25, 0.3) is 20.7 Å².